The maximum Gasteiger partial charge on any atom is 0.188 e. The van der Waals surface area contributed by atoms with Crippen LogP contribution in [0.3, 0.4) is 0 Å². The number of nitrogens with zero attached hydrogens (tertiary/aromatic N) is 1. The van der Waals surface area contributed by atoms with E-state index in [4.69, 9.17) is 12.2 Å². The van der Waals surface area contributed by atoms with Gasteiger partial charge in [-0.2, -0.15) is 0 Å². The number of benzene rings is 2. The molecule has 0 aliphatic carbocycles. The molecular formula is C17H16BrN3S. The van der Waals surface area contributed by atoms with E-state index in [2.05, 4.69) is 57.0 Å². The van der Waals surface area contributed by atoms with Gasteiger partial charge < -0.3 is 5.32 Å². The Morgan fingerprint density at radius 3 is 2.45 bits per heavy atom. The van der Waals surface area contributed by atoms with Crippen molar-refractivity contribution in [3.63, 3.8) is 0 Å². The van der Waals surface area contributed by atoms with Crippen molar-refractivity contribution in [1.29, 1.82) is 0 Å². The van der Waals surface area contributed by atoms with Crippen LogP contribution >= 0.6 is 28.1 Å². The minimum absolute atomic E-state index is 0.0586. The highest BCUT2D eigenvalue weighted by atomic mass is 79.9. The van der Waals surface area contributed by atoms with Gasteiger partial charge in [0.05, 0.1) is 11.7 Å². The van der Waals surface area contributed by atoms with Gasteiger partial charge in [0.25, 0.3) is 0 Å². The Labute approximate surface area is 144 Å². The van der Waals surface area contributed by atoms with Crippen LogP contribution in [0.1, 0.15) is 17.2 Å². The highest BCUT2D eigenvalue weighted by Gasteiger charge is 2.28. The smallest absolute Gasteiger partial charge is 0.188 e. The van der Waals surface area contributed by atoms with Gasteiger partial charge in [-0.05, 0) is 41.6 Å². The van der Waals surface area contributed by atoms with Crippen molar-refractivity contribution < 1.29 is 0 Å². The molecule has 3 nitrogen and oxygen atoms in total. The van der Waals surface area contributed by atoms with Crippen molar-refractivity contribution in [3.8, 4) is 0 Å². The maximum absolute atomic E-state index is 5.43. The van der Waals surface area contributed by atoms with Crippen LogP contribution in [0.5, 0.6) is 0 Å². The average molecular weight is 374 g/mol. The van der Waals surface area contributed by atoms with Gasteiger partial charge in [-0.15, -0.1) is 0 Å². The summed E-state index contributed by atoms with van der Waals surface area (Å²) in [6.07, 6.45) is 2.20. The quantitative estimate of drug-likeness (QED) is 0.781. The van der Waals surface area contributed by atoms with Gasteiger partial charge in [-0.1, -0.05) is 58.4 Å². The Bertz CT molecular complexity index is 698. The van der Waals surface area contributed by atoms with Crippen LogP contribution in [0.15, 0.2) is 65.1 Å². The van der Waals surface area contributed by atoms with Crippen LogP contribution in [-0.2, 0) is 0 Å². The third-order valence-corrected chi connectivity index (χ3v) is 4.50. The molecule has 1 aliphatic rings. The molecule has 2 aromatic rings. The van der Waals surface area contributed by atoms with E-state index in [0.717, 1.165) is 15.7 Å². The predicted octanol–water partition coefficient (Wildman–Crippen LogP) is 3.86. The van der Waals surface area contributed by atoms with Crippen LogP contribution in [0.25, 0.3) is 5.70 Å². The summed E-state index contributed by atoms with van der Waals surface area (Å²) >= 11 is 8.91. The largest absolute Gasteiger partial charge is 0.364 e. The number of hydrogen-bond acceptors (Lipinski definition) is 2. The van der Waals surface area contributed by atoms with Crippen molar-refractivity contribution in [2.45, 2.75) is 6.04 Å². The van der Waals surface area contributed by atoms with E-state index in [9.17, 15) is 0 Å². The zero-order chi connectivity index (χ0) is 15.5. The van der Waals surface area contributed by atoms with Gasteiger partial charge in [-0.3, -0.25) is 10.4 Å². The topological polar surface area (TPSA) is 27.3 Å². The number of hydrazine groups is 1. The summed E-state index contributed by atoms with van der Waals surface area (Å²) in [5, 5.41) is 5.68. The van der Waals surface area contributed by atoms with E-state index in [1.54, 1.807) is 0 Å². The fourth-order valence-corrected chi connectivity index (χ4v) is 2.87. The number of rotatable bonds is 2. The first-order valence-corrected chi connectivity index (χ1v) is 8.19. The molecule has 2 N–H and O–H groups in total. The van der Waals surface area contributed by atoms with Gasteiger partial charge in [0, 0.05) is 11.5 Å². The summed E-state index contributed by atoms with van der Waals surface area (Å²) in [5.41, 5.74) is 6.79. The molecule has 2 aromatic carbocycles. The van der Waals surface area contributed by atoms with Crippen LogP contribution in [0, 0.1) is 0 Å². The summed E-state index contributed by atoms with van der Waals surface area (Å²) in [7, 11) is 1.84. The molecule has 0 amide bonds. The second kappa shape index (κ2) is 6.50. The lowest BCUT2D eigenvalue weighted by molar-refractivity contribution is 0.339. The molecule has 1 heterocycles. The van der Waals surface area contributed by atoms with Crippen LogP contribution in [0.2, 0.25) is 0 Å². The highest BCUT2D eigenvalue weighted by Crippen LogP contribution is 2.31. The molecular weight excluding hydrogens is 358 g/mol. The average Bonchev–Trinajstić information content (AvgIpc) is 3.01. The van der Waals surface area contributed by atoms with Crippen molar-refractivity contribution in [1.82, 2.24) is 15.8 Å². The first kappa shape index (κ1) is 15.1. The molecule has 0 spiro atoms. The summed E-state index contributed by atoms with van der Waals surface area (Å²) in [5.74, 6) is 0. The molecule has 3 rings (SSSR count). The maximum atomic E-state index is 5.43. The number of halogens is 1. The lowest BCUT2D eigenvalue weighted by Gasteiger charge is -2.27. The molecule has 0 unspecified atom stereocenters. The molecule has 22 heavy (non-hydrogen) atoms. The second-order valence-corrected chi connectivity index (χ2v) is 6.28. The molecule has 112 valence electrons. The van der Waals surface area contributed by atoms with Crippen molar-refractivity contribution >= 4 is 39.0 Å². The Hall–Kier alpha value is -1.85. The normalized spacial score (nSPS) is 16.9. The molecule has 0 saturated heterocycles. The Kier molecular flexibility index (Phi) is 4.45. The van der Waals surface area contributed by atoms with Crippen molar-refractivity contribution in [2.75, 3.05) is 7.05 Å². The van der Waals surface area contributed by atoms with E-state index in [1.807, 2.05) is 42.4 Å². The van der Waals surface area contributed by atoms with Gasteiger partial charge in [-0.25, -0.2) is 0 Å². The Morgan fingerprint density at radius 2 is 1.82 bits per heavy atom. The first-order chi connectivity index (χ1) is 10.7. The first-order valence-electron chi connectivity index (χ1n) is 6.99. The lowest BCUT2D eigenvalue weighted by atomic mass is 10.1. The van der Waals surface area contributed by atoms with E-state index < -0.39 is 0 Å². The molecule has 1 atom stereocenters. The molecule has 0 bridgehead atoms. The van der Waals surface area contributed by atoms with Crippen LogP contribution in [-0.4, -0.2) is 17.2 Å². The van der Waals surface area contributed by atoms with E-state index in [-0.39, 0.29) is 6.04 Å². The minimum atomic E-state index is 0.0586. The fraction of sp³-hybridized carbons (Fsp3) is 0.118. The predicted molar refractivity (Wildman–Crippen MR) is 97.9 cm³/mol. The summed E-state index contributed by atoms with van der Waals surface area (Å²) in [6, 6.07) is 18.6. The zero-order valence-electron chi connectivity index (χ0n) is 12.1. The van der Waals surface area contributed by atoms with Gasteiger partial charge >= 0.3 is 0 Å². The third kappa shape index (κ3) is 3.00. The van der Waals surface area contributed by atoms with Crippen LogP contribution in [0.4, 0.5) is 0 Å². The van der Waals surface area contributed by atoms with E-state index in [0.29, 0.717) is 5.11 Å². The second-order valence-electron chi connectivity index (χ2n) is 4.98. The lowest BCUT2D eigenvalue weighted by Crippen LogP contribution is -2.44. The number of nitrogens with one attached hydrogen (secondary N) is 2. The highest BCUT2D eigenvalue weighted by molar-refractivity contribution is 9.10. The Balaban J connectivity index is 1.97. The standard InChI is InChI=1S/C17H16BrN3S/c1-19-17(22)21-16(13-7-9-14(18)10-8-13)11-15(20-21)12-5-3-2-4-6-12/h2-11,16,20H,1H3,(H,19,22)/t16-/m0/s1. The van der Waals surface area contributed by atoms with Gasteiger partial charge in [0.2, 0.25) is 0 Å². The fourth-order valence-electron chi connectivity index (χ4n) is 2.45. The third-order valence-electron chi connectivity index (χ3n) is 3.57. The molecule has 1 aliphatic heterocycles. The zero-order valence-corrected chi connectivity index (χ0v) is 14.5. The van der Waals surface area contributed by atoms with Crippen LogP contribution < -0.4 is 10.7 Å². The number of hydrogen-bond donors (Lipinski definition) is 2. The molecule has 0 aromatic heterocycles. The molecule has 0 radical (unpaired) electrons. The van der Waals surface area contributed by atoms with Gasteiger partial charge in [0.1, 0.15) is 0 Å². The Morgan fingerprint density at radius 1 is 1.14 bits per heavy atom. The van der Waals surface area contributed by atoms with E-state index in [1.165, 1.54) is 5.56 Å². The SMILES string of the molecule is CNC(=S)N1NC(c2ccccc2)=C[C@H]1c1ccc(Br)cc1. The van der Waals surface area contributed by atoms with Gasteiger partial charge in [0.15, 0.2) is 5.11 Å². The summed E-state index contributed by atoms with van der Waals surface area (Å²) in [4.78, 5) is 0. The molecule has 0 saturated carbocycles. The van der Waals surface area contributed by atoms with Crippen molar-refractivity contribution in [2.24, 2.45) is 0 Å². The monoisotopic (exact) mass is 373 g/mol. The molecule has 5 heteroatoms. The summed E-state index contributed by atoms with van der Waals surface area (Å²) < 4.78 is 1.07. The number of thiocarbonyl (C=S) groups is 1. The minimum Gasteiger partial charge on any atom is -0.364 e. The van der Waals surface area contributed by atoms with Crippen molar-refractivity contribution in [3.05, 3.63) is 76.3 Å². The van der Waals surface area contributed by atoms with E-state index >= 15 is 0 Å². The molecule has 0 fully saturated rings. The summed E-state index contributed by atoms with van der Waals surface area (Å²) in [6.45, 7) is 0.